The lowest BCUT2D eigenvalue weighted by Gasteiger charge is -2.38. The Morgan fingerprint density at radius 1 is 1.36 bits per heavy atom. The van der Waals surface area contributed by atoms with Gasteiger partial charge in [0, 0.05) is 13.1 Å². The minimum Gasteiger partial charge on any atom is -0.355 e. The summed E-state index contributed by atoms with van der Waals surface area (Å²) in [5.74, 6) is 1.02. The molecule has 3 heteroatoms. The van der Waals surface area contributed by atoms with Crippen LogP contribution in [0.1, 0.15) is 32.6 Å². The van der Waals surface area contributed by atoms with E-state index in [0.29, 0.717) is 0 Å². The highest BCUT2D eigenvalue weighted by Crippen LogP contribution is 2.21. The molecule has 3 nitrogen and oxygen atoms in total. The van der Waals surface area contributed by atoms with Gasteiger partial charge in [0.1, 0.15) is 0 Å². The first-order valence-corrected chi connectivity index (χ1v) is 5.79. The van der Waals surface area contributed by atoms with Crippen molar-refractivity contribution in [3.8, 4) is 0 Å². The molecule has 0 saturated carbocycles. The maximum Gasteiger partial charge on any atom is 0.237 e. The van der Waals surface area contributed by atoms with E-state index in [-0.39, 0.29) is 11.9 Å². The number of nitrogens with one attached hydrogen (secondary N) is 1. The first kappa shape index (κ1) is 9.97. The molecule has 0 aromatic rings. The second-order valence-electron chi connectivity index (χ2n) is 4.69. The van der Waals surface area contributed by atoms with E-state index >= 15 is 0 Å². The average Bonchev–Trinajstić information content (AvgIpc) is 2.18. The molecule has 0 bridgehead atoms. The van der Waals surface area contributed by atoms with Crippen molar-refractivity contribution in [3.05, 3.63) is 0 Å². The van der Waals surface area contributed by atoms with E-state index in [1.807, 2.05) is 0 Å². The number of carbonyl (C=O) groups is 1. The Hall–Kier alpha value is -0.570. The van der Waals surface area contributed by atoms with Crippen LogP contribution in [0.2, 0.25) is 0 Å². The topological polar surface area (TPSA) is 32.3 Å². The fraction of sp³-hybridized carbons (Fsp3) is 0.909. The molecular weight excluding hydrogens is 176 g/mol. The highest BCUT2D eigenvalue weighted by Gasteiger charge is 2.30. The van der Waals surface area contributed by atoms with Crippen LogP contribution in [0, 0.1) is 5.92 Å². The Balaban J connectivity index is 1.94. The zero-order valence-electron chi connectivity index (χ0n) is 8.96. The molecule has 0 aromatic carbocycles. The van der Waals surface area contributed by atoms with Gasteiger partial charge in [-0.2, -0.15) is 0 Å². The molecule has 0 aliphatic carbocycles. The third kappa shape index (κ3) is 2.08. The standard InChI is InChI=1S/C11H20N2O/c1-9-4-3-7-13(8-9)10-5-2-6-12-11(10)14/h9-10H,2-8H2,1H3,(H,12,14)/t9-,10+/m1/s1. The van der Waals surface area contributed by atoms with Gasteiger partial charge in [-0.3, -0.25) is 9.69 Å². The van der Waals surface area contributed by atoms with E-state index in [0.717, 1.165) is 38.4 Å². The van der Waals surface area contributed by atoms with Gasteiger partial charge in [0.05, 0.1) is 6.04 Å². The van der Waals surface area contributed by atoms with Crippen LogP contribution >= 0.6 is 0 Å². The molecule has 2 heterocycles. The third-order valence-corrected chi connectivity index (χ3v) is 3.39. The molecule has 1 amide bonds. The number of nitrogens with zero attached hydrogens (tertiary/aromatic N) is 1. The summed E-state index contributed by atoms with van der Waals surface area (Å²) in [6.07, 6.45) is 4.77. The molecule has 2 saturated heterocycles. The summed E-state index contributed by atoms with van der Waals surface area (Å²) in [6, 6.07) is 0.173. The fourth-order valence-electron chi connectivity index (χ4n) is 2.61. The van der Waals surface area contributed by atoms with Gasteiger partial charge in [0.15, 0.2) is 0 Å². The van der Waals surface area contributed by atoms with Crippen molar-refractivity contribution >= 4 is 5.91 Å². The van der Waals surface area contributed by atoms with Gasteiger partial charge in [-0.15, -0.1) is 0 Å². The van der Waals surface area contributed by atoms with E-state index in [1.165, 1.54) is 12.8 Å². The van der Waals surface area contributed by atoms with Gasteiger partial charge in [0.25, 0.3) is 0 Å². The van der Waals surface area contributed by atoms with Crippen LogP contribution in [-0.2, 0) is 4.79 Å². The van der Waals surface area contributed by atoms with Crippen LogP contribution in [0.4, 0.5) is 0 Å². The molecule has 2 atom stereocenters. The van der Waals surface area contributed by atoms with Crippen molar-refractivity contribution in [2.45, 2.75) is 38.6 Å². The van der Waals surface area contributed by atoms with Crippen LogP contribution in [0.5, 0.6) is 0 Å². The first-order chi connectivity index (χ1) is 6.77. The largest absolute Gasteiger partial charge is 0.355 e. The molecule has 80 valence electrons. The molecule has 0 aromatic heterocycles. The monoisotopic (exact) mass is 196 g/mol. The summed E-state index contributed by atoms with van der Waals surface area (Å²) >= 11 is 0. The minimum absolute atomic E-state index is 0.173. The van der Waals surface area contributed by atoms with Gasteiger partial charge in [0.2, 0.25) is 5.91 Å². The van der Waals surface area contributed by atoms with Gasteiger partial charge < -0.3 is 5.32 Å². The Bertz CT molecular complexity index is 217. The number of hydrogen-bond acceptors (Lipinski definition) is 2. The van der Waals surface area contributed by atoms with Crippen LogP contribution in [0.25, 0.3) is 0 Å². The Labute approximate surface area is 85.8 Å². The molecule has 0 radical (unpaired) electrons. The lowest BCUT2D eigenvalue weighted by atomic mass is 9.96. The molecular formula is C11H20N2O. The van der Waals surface area contributed by atoms with Gasteiger partial charge in [-0.1, -0.05) is 6.92 Å². The molecule has 2 rings (SSSR count). The Kier molecular flexibility index (Phi) is 3.06. The molecule has 1 N–H and O–H groups in total. The molecule has 0 unspecified atom stereocenters. The highest BCUT2D eigenvalue weighted by atomic mass is 16.2. The molecule has 2 aliphatic heterocycles. The quantitative estimate of drug-likeness (QED) is 0.678. The lowest BCUT2D eigenvalue weighted by Crippen LogP contribution is -2.53. The summed E-state index contributed by atoms with van der Waals surface area (Å²) < 4.78 is 0. The smallest absolute Gasteiger partial charge is 0.237 e. The van der Waals surface area contributed by atoms with Crippen molar-refractivity contribution in [2.24, 2.45) is 5.92 Å². The number of likely N-dealkylation sites (tertiary alicyclic amines) is 1. The summed E-state index contributed by atoms with van der Waals surface area (Å²) in [7, 11) is 0. The Morgan fingerprint density at radius 3 is 2.93 bits per heavy atom. The maximum absolute atomic E-state index is 11.6. The summed E-state index contributed by atoms with van der Waals surface area (Å²) in [5.41, 5.74) is 0. The van der Waals surface area contributed by atoms with E-state index < -0.39 is 0 Å². The van der Waals surface area contributed by atoms with Crippen LogP contribution in [0.15, 0.2) is 0 Å². The third-order valence-electron chi connectivity index (χ3n) is 3.39. The predicted octanol–water partition coefficient (Wildman–Crippen LogP) is 0.997. The van der Waals surface area contributed by atoms with Crippen LogP contribution in [0.3, 0.4) is 0 Å². The number of amides is 1. The predicted molar refractivity (Wildman–Crippen MR) is 56.0 cm³/mol. The van der Waals surface area contributed by atoms with Crippen LogP contribution < -0.4 is 5.32 Å². The molecule has 14 heavy (non-hydrogen) atoms. The van der Waals surface area contributed by atoms with Crippen molar-refractivity contribution in [2.75, 3.05) is 19.6 Å². The number of piperidine rings is 2. The number of hydrogen-bond donors (Lipinski definition) is 1. The fourth-order valence-corrected chi connectivity index (χ4v) is 2.61. The second-order valence-corrected chi connectivity index (χ2v) is 4.69. The molecule has 2 aliphatic rings. The van der Waals surface area contributed by atoms with Crippen molar-refractivity contribution in [1.29, 1.82) is 0 Å². The van der Waals surface area contributed by atoms with Crippen molar-refractivity contribution in [3.63, 3.8) is 0 Å². The Morgan fingerprint density at radius 2 is 2.21 bits per heavy atom. The highest BCUT2D eigenvalue weighted by molar-refractivity contribution is 5.82. The van der Waals surface area contributed by atoms with E-state index in [2.05, 4.69) is 17.1 Å². The van der Waals surface area contributed by atoms with E-state index in [9.17, 15) is 4.79 Å². The van der Waals surface area contributed by atoms with Crippen molar-refractivity contribution < 1.29 is 4.79 Å². The zero-order chi connectivity index (χ0) is 9.97. The minimum atomic E-state index is 0.173. The summed E-state index contributed by atoms with van der Waals surface area (Å²) in [6.45, 7) is 5.38. The normalized spacial score (nSPS) is 35.4. The van der Waals surface area contributed by atoms with E-state index in [4.69, 9.17) is 0 Å². The van der Waals surface area contributed by atoms with E-state index in [1.54, 1.807) is 0 Å². The second kappa shape index (κ2) is 4.30. The lowest BCUT2D eigenvalue weighted by molar-refractivity contribution is -0.129. The SMILES string of the molecule is C[C@@H]1CCCN([C@H]2CCCNC2=O)C1. The van der Waals surface area contributed by atoms with Gasteiger partial charge in [-0.05, 0) is 38.1 Å². The maximum atomic E-state index is 11.6. The van der Waals surface area contributed by atoms with Crippen LogP contribution in [-0.4, -0.2) is 36.5 Å². The first-order valence-electron chi connectivity index (χ1n) is 5.79. The summed E-state index contributed by atoms with van der Waals surface area (Å²) in [4.78, 5) is 14.0. The summed E-state index contributed by atoms with van der Waals surface area (Å²) in [5, 5.41) is 2.96. The van der Waals surface area contributed by atoms with Gasteiger partial charge in [-0.25, -0.2) is 0 Å². The van der Waals surface area contributed by atoms with Gasteiger partial charge >= 0.3 is 0 Å². The number of rotatable bonds is 1. The molecule has 2 fully saturated rings. The van der Waals surface area contributed by atoms with Crippen molar-refractivity contribution in [1.82, 2.24) is 10.2 Å². The molecule has 0 spiro atoms. The average molecular weight is 196 g/mol. The number of carbonyl (C=O) groups excluding carboxylic acids is 1. The zero-order valence-corrected chi connectivity index (χ0v) is 8.96.